The fraction of sp³-hybridized carbons (Fsp3) is 0.500. The van der Waals surface area contributed by atoms with E-state index in [0.717, 1.165) is 30.5 Å². The van der Waals surface area contributed by atoms with Gasteiger partial charge in [-0.05, 0) is 66.9 Å². The lowest BCUT2D eigenvalue weighted by Gasteiger charge is -2.38. The fourth-order valence-corrected chi connectivity index (χ4v) is 4.54. The summed E-state index contributed by atoms with van der Waals surface area (Å²) in [6, 6.07) is 14.7. The van der Waals surface area contributed by atoms with Crippen molar-refractivity contribution < 1.29 is 4.79 Å². The number of benzene rings is 2. The van der Waals surface area contributed by atoms with Gasteiger partial charge in [0.2, 0.25) is 5.91 Å². The number of fused-ring (bicyclic) bond motifs is 1. The fourth-order valence-electron chi connectivity index (χ4n) is 4.54. The predicted octanol–water partition coefficient (Wildman–Crippen LogP) is 3.62. The summed E-state index contributed by atoms with van der Waals surface area (Å²) in [6.45, 7) is 4.23. The van der Waals surface area contributed by atoms with E-state index in [2.05, 4.69) is 52.7 Å². The molecule has 1 unspecified atom stereocenters. The van der Waals surface area contributed by atoms with Gasteiger partial charge in [0, 0.05) is 13.1 Å². The molecule has 25 heavy (non-hydrogen) atoms. The van der Waals surface area contributed by atoms with Crippen LogP contribution in [0.4, 0.5) is 0 Å². The normalized spacial score (nSPS) is 22.2. The number of rotatable bonds is 3. The van der Waals surface area contributed by atoms with E-state index < -0.39 is 0 Å². The maximum absolute atomic E-state index is 12.7. The molecule has 132 valence electrons. The molecule has 1 atom stereocenters. The molecule has 2 fully saturated rings. The zero-order chi connectivity index (χ0) is 17.1. The van der Waals surface area contributed by atoms with Gasteiger partial charge in [-0.3, -0.25) is 4.79 Å². The van der Waals surface area contributed by atoms with E-state index in [1.165, 1.54) is 49.5 Å². The number of piperidine rings is 2. The minimum absolute atomic E-state index is 0.288. The van der Waals surface area contributed by atoms with Gasteiger partial charge in [-0.2, -0.15) is 0 Å². The molecule has 0 radical (unpaired) electrons. The smallest absolute Gasteiger partial charge is 0.226 e. The number of hydrogen-bond acceptors (Lipinski definition) is 2. The quantitative estimate of drug-likeness (QED) is 0.928. The molecule has 0 bridgehead atoms. The summed E-state index contributed by atoms with van der Waals surface area (Å²) in [5.74, 6) is 1.92. The summed E-state index contributed by atoms with van der Waals surface area (Å²) in [5, 5.41) is 5.99. The van der Waals surface area contributed by atoms with Gasteiger partial charge < -0.3 is 10.2 Å². The van der Waals surface area contributed by atoms with Crippen LogP contribution in [0.2, 0.25) is 0 Å². The molecule has 0 aromatic heterocycles. The lowest BCUT2D eigenvalue weighted by molar-refractivity contribution is -0.132. The Morgan fingerprint density at radius 1 is 1.00 bits per heavy atom. The molecule has 3 nitrogen and oxygen atoms in total. The standard InChI is InChI=1S/C22H28N2O/c25-22(15-17-7-8-18-4-1-2-5-20(18)14-17)24-12-9-19(10-13-24)21-6-3-11-23-16-21/h1-2,4-5,7-8,14,19,21,23H,3,6,9-13,15-16H2. The Morgan fingerprint density at radius 3 is 2.56 bits per heavy atom. The Bertz CT molecular complexity index is 728. The van der Waals surface area contributed by atoms with Gasteiger partial charge in [-0.1, -0.05) is 42.5 Å². The predicted molar refractivity (Wildman–Crippen MR) is 103 cm³/mol. The molecule has 2 aliphatic heterocycles. The highest BCUT2D eigenvalue weighted by molar-refractivity contribution is 5.85. The molecule has 2 saturated heterocycles. The summed E-state index contributed by atoms with van der Waals surface area (Å²) in [7, 11) is 0. The van der Waals surface area contributed by atoms with E-state index >= 15 is 0 Å². The summed E-state index contributed by atoms with van der Waals surface area (Å²) < 4.78 is 0. The van der Waals surface area contributed by atoms with Gasteiger partial charge in [-0.15, -0.1) is 0 Å². The second-order valence-electron chi connectivity index (χ2n) is 7.68. The molecule has 3 heteroatoms. The second-order valence-corrected chi connectivity index (χ2v) is 7.68. The molecule has 2 heterocycles. The highest BCUT2D eigenvalue weighted by Gasteiger charge is 2.29. The third kappa shape index (κ3) is 3.87. The SMILES string of the molecule is O=C(Cc1ccc2ccccc2c1)N1CCC(C2CCCNC2)CC1. The van der Waals surface area contributed by atoms with Gasteiger partial charge in [0.15, 0.2) is 0 Å². The zero-order valence-corrected chi connectivity index (χ0v) is 14.9. The van der Waals surface area contributed by atoms with E-state index in [4.69, 9.17) is 0 Å². The van der Waals surface area contributed by atoms with Crippen molar-refractivity contribution in [3.8, 4) is 0 Å². The van der Waals surface area contributed by atoms with E-state index in [9.17, 15) is 4.79 Å². The number of carbonyl (C=O) groups is 1. The highest BCUT2D eigenvalue weighted by atomic mass is 16.2. The Labute approximate surface area is 150 Å². The van der Waals surface area contributed by atoms with Gasteiger partial charge in [0.25, 0.3) is 0 Å². The number of nitrogens with zero attached hydrogens (tertiary/aromatic N) is 1. The van der Waals surface area contributed by atoms with Crippen molar-refractivity contribution in [2.45, 2.75) is 32.1 Å². The average Bonchev–Trinajstić information content (AvgIpc) is 2.69. The molecule has 2 aromatic carbocycles. The number of amides is 1. The zero-order valence-electron chi connectivity index (χ0n) is 14.9. The Morgan fingerprint density at radius 2 is 1.80 bits per heavy atom. The van der Waals surface area contributed by atoms with E-state index in [0.29, 0.717) is 6.42 Å². The maximum atomic E-state index is 12.7. The molecular formula is C22H28N2O. The average molecular weight is 336 g/mol. The second kappa shape index (κ2) is 7.57. The van der Waals surface area contributed by atoms with E-state index in [-0.39, 0.29) is 5.91 Å². The van der Waals surface area contributed by atoms with Crippen LogP contribution in [-0.4, -0.2) is 37.0 Å². The molecule has 2 aliphatic rings. The van der Waals surface area contributed by atoms with Crippen molar-refractivity contribution in [1.29, 1.82) is 0 Å². The van der Waals surface area contributed by atoms with E-state index in [1.54, 1.807) is 0 Å². The summed E-state index contributed by atoms with van der Waals surface area (Å²) >= 11 is 0. The Kier molecular flexibility index (Phi) is 5.02. The molecule has 1 amide bonds. The number of nitrogens with one attached hydrogen (secondary N) is 1. The van der Waals surface area contributed by atoms with Crippen LogP contribution < -0.4 is 5.32 Å². The van der Waals surface area contributed by atoms with Crippen molar-refractivity contribution in [3.63, 3.8) is 0 Å². The molecular weight excluding hydrogens is 308 g/mol. The number of hydrogen-bond donors (Lipinski definition) is 1. The van der Waals surface area contributed by atoms with Crippen molar-refractivity contribution in [2.24, 2.45) is 11.8 Å². The first-order valence-corrected chi connectivity index (χ1v) is 9.76. The number of carbonyl (C=O) groups excluding carboxylic acids is 1. The topological polar surface area (TPSA) is 32.3 Å². The van der Waals surface area contributed by atoms with Crippen LogP contribution in [0.15, 0.2) is 42.5 Å². The summed E-state index contributed by atoms with van der Waals surface area (Å²) in [6.07, 6.45) is 5.56. The van der Waals surface area contributed by atoms with Gasteiger partial charge in [0.05, 0.1) is 6.42 Å². The summed E-state index contributed by atoms with van der Waals surface area (Å²) in [4.78, 5) is 14.8. The third-order valence-corrected chi connectivity index (χ3v) is 6.06. The van der Waals surface area contributed by atoms with Crippen LogP contribution in [0, 0.1) is 11.8 Å². The van der Waals surface area contributed by atoms with Gasteiger partial charge in [-0.25, -0.2) is 0 Å². The van der Waals surface area contributed by atoms with Crippen LogP contribution in [-0.2, 0) is 11.2 Å². The van der Waals surface area contributed by atoms with Crippen LogP contribution in [0.5, 0.6) is 0 Å². The first kappa shape index (κ1) is 16.6. The van der Waals surface area contributed by atoms with Crippen LogP contribution in [0.25, 0.3) is 10.8 Å². The minimum Gasteiger partial charge on any atom is -0.342 e. The van der Waals surface area contributed by atoms with Gasteiger partial charge in [0.1, 0.15) is 0 Å². The molecule has 0 aliphatic carbocycles. The minimum atomic E-state index is 0.288. The molecule has 4 rings (SSSR count). The Hall–Kier alpha value is -1.87. The number of likely N-dealkylation sites (tertiary alicyclic amines) is 1. The first-order chi connectivity index (χ1) is 12.3. The van der Waals surface area contributed by atoms with Crippen LogP contribution >= 0.6 is 0 Å². The van der Waals surface area contributed by atoms with E-state index in [1.807, 2.05) is 0 Å². The highest BCUT2D eigenvalue weighted by Crippen LogP contribution is 2.29. The molecule has 2 aromatic rings. The first-order valence-electron chi connectivity index (χ1n) is 9.76. The summed E-state index contributed by atoms with van der Waals surface area (Å²) in [5.41, 5.74) is 1.13. The lowest BCUT2D eigenvalue weighted by Crippen LogP contribution is -2.43. The molecule has 0 saturated carbocycles. The van der Waals surface area contributed by atoms with Crippen molar-refractivity contribution >= 4 is 16.7 Å². The monoisotopic (exact) mass is 336 g/mol. The van der Waals surface area contributed by atoms with Crippen molar-refractivity contribution in [1.82, 2.24) is 10.2 Å². The third-order valence-electron chi connectivity index (χ3n) is 6.06. The van der Waals surface area contributed by atoms with Crippen molar-refractivity contribution in [3.05, 3.63) is 48.0 Å². The largest absolute Gasteiger partial charge is 0.342 e. The molecule has 1 N–H and O–H groups in total. The lowest BCUT2D eigenvalue weighted by atomic mass is 9.80. The van der Waals surface area contributed by atoms with Crippen molar-refractivity contribution in [2.75, 3.05) is 26.2 Å². The van der Waals surface area contributed by atoms with Crippen LogP contribution in [0.1, 0.15) is 31.2 Å². The van der Waals surface area contributed by atoms with Crippen LogP contribution in [0.3, 0.4) is 0 Å². The van der Waals surface area contributed by atoms with Gasteiger partial charge >= 0.3 is 0 Å². The maximum Gasteiger partial charge on any atom is 0.226 e. The Balaban J connectivity index is 1.33. The molecule has 0 spiro atoms.